The van der Waals surface area contributed by atoms with Crippen LogP contribution in [0, 0.1) is 30.3 Å². The average Bonchev–Trinajstić information content (AvgIpc) is 2.66. The van der Waals surface area contributed by atoms with Gasteiger partial charge in [0, 0.05) is 29.3 Å². The molecule has 0 aromatic heterocycles. The van der Waals surface area contributed by atoms with E-state index in [4.69, 9.17) is 0 Å². The Kier molecular flexibility index (Phi) is 6.06. The lowest BCUT2D eigenvalue weighted by molar-refractivity contribution is -0.394. The molecule has 0 aliphatic carbocycles. The van der Waals surface area contributed by atoms with Crippen LogP contribution in [0.5, 0.6) is 0 Å². The molecule has 0 unspecified atom stereocenters. The molecule has 2 aromatic rings. The number of nitrogens with one attached hydrogen (secondary N) is 1. The summed E-state index contributed by atoms with van der Waals surface area (Å²) in [5, 5.41) is 36.4. The van der Waals surface area contributed by atoms with Crippen LogP contribution in [-0.4, -0.2) is 26.4 Å². The second-order valence-corrected chi connectivity index (χ2v) is 5.54. The highest BCUT2D eigenvalue weighted by Crippen LogP contribution is 2.25. The van der Waals surface area contributed by atoms with Crippen LogP contribution in [0.3, 0.4) is 0 Å². The fourth-order valence-electron chi connectivity index (χ4n) is 2.25. The monoisotopic (exact) mass is 387 g/mol. The number of non-ortho nitro benzene ring substituents is 2. The summed E-state index contributed by atoms with van der Waals surface area (Å²) in [5.74, 6) is -0.693. The quantitative estimate of drug-likeness (QED) is 0.432. The van der Waals surface area contributed by atoms with E-state index in [0.29, 0.717) is 5.56 Å². The molecule has 0 fully saturated rings. The van der Waals surface area contributed by atoms with E-state index >= 15 is 0 Å². The number of nitro groups is 3. The zero-order valence-electron chi connectivity index (χ0n) is 14.4. The van der Waals surface area contributed by atoms with Crippen LogP contribution < -0.4 is 5.43 Å². The van der Waals surface area contributed by atoms with Gasteiger partial charge >= 0.3 is 0 Å². The smallest absolute Gasteiger partial charge is 0.273 e. The van der Waals surface area contributed by atoms with Gasteiger partial charge in [0.25, 0.3) is 17.1 Å². The molecular formula is C16H13N5O7. The second-order valence-electron chi connectivity index (χ2n) is 5.54. The minimum Gasteiger partial charge on any atom is -0.273 e. The molecule has 2 aromatic carbocycles. The molecule has 0 atom stereocenters. The van der Waals surface area contributed by atoms with Crippen LogP contribution in [-0.2, 0) is 11.2 Å². The van der Waals surface area contributed by atoms with Crippen molar-refractivity contribution in [2.75, 3.05) is 0 Å². The van der Waals surface area contributed by atoms with Gasteiger partial charge in [-0.2, -0.15) is 5.10 Å². The van der Waals surface area contributed by atoms with E-state index in [0.717, 1.165) is 18.2 Å². The number of benzene rings is 2. The van der Waals surface area contributed by atoms with Crippen molar-refractivity contribution < 1.29 is 19.6 Å². The molecule has 0 heterocycles. The van der Waals surface area contributed by atoms with E-state index in [1.807, 2.05) is 0 Å². The Morgan fingerprint density at radius 1 is 0.964 bits per heavy atom. The van der Waals surface area contributed by atoms with Gasteiger partial charge in [-0.1, -0.05) is 12.1 Å². The maximum absolute atomic E-state index is 12.0. The van der Waals surface area contributed by atoms with Crippen molar-refractivity contribution in [2.24, 2.45) is 5.10 Å². The van der Waals surface area contributed by atoms with Crippen molar-refractivity contribution in [1.82, 2.24) is 5.43 Å². The minimum atomic E-state index is -0.812. The molecule has 0 radical (unpaired) electrons. The molecule has 28 heavy (non-hydrogen) atoms. The predicted octanol–water partition coefficient (Wildman–Crippen LogP) is 2.49. The van der Waals surface area contributed by atoms with Crippen molar-refractivity contribution in [3.63, 3.8) is 0 Å². The molecule has 0 aliphatic rings. The van der Waals surface area contributed by atoms with Crippen molar-refractivity contribution in [1.29, 1.82) is 0 Å². The molecule has 0 bridgehead atoms. The molecule has 0 spiro atoms. The summed E-state index contributed by atoms with van der Waals surface area (Å²) in [6.07, 6.45) is -0.431. The average molecular weight is 387 g/mol. The van der Waals surface area contributed by atoms with Gasteiger partial charge in [0.1, 0.15) is 0 Å². The summed E-state index contributed by atoms with van der Waals surface area (Å²) in [5.41, 5.74) is 1.73. The zero-order valence-corrected chi connectivity index (χ0v) is 14.4. The first-order valence-corrected chi connectivity index (χ1v) is 7.68. The molecule has 1 amide bonds. The molecule has 2 rings (SSSR count). The van der Waals surface area contributed by atoms with E-state index < -0.39 is 38.5 Å². The van der Waals surface area contributed by atoms with Crippen molar-refractivity contribution in [3.8, 4) is 0 Å². The fraction of sp³-hybridized carbons (Fsp3) is 0.125. The Morgan fingerprint density at radius 3 is 2.21 bits per heavy atom. The van der Waals surface area contributed by atoms with Crippen molar-refractivity contribution >= 4 is 28.7 Å². The summed E-state index contributed by atoms with van der Waals surface area (Å²) in [6, 6.07) is 8.60. The predicted molar refractivity (Wildman–Crippen MR) is 96.9 cm³/mol. The van der Waals surface area contributed by atoms with Crippen LogP contribution in [0.2, 0.25) is 0 Å². The van der Waals surface area contributed by atoms with Crippen molar-refractivity contribution in [3.05, 3.63) is 83.9 Å². The van der Waals surface area contributed by atoms with Gasteiger partial charge in [0.2, 0.25) is 5.91 Å². The number of hydrogen-bond donors (Lipinski definition) is 1. The van der Waals surface area contributed by atoms with E-state index in [9.17, 15) is 35.1 Å². The zero-order chi connectivity index (χ0) is 20.8. The largest absolute Gasteiger partial charge is 0.279 e. The number of hydrogen-bond acceptors (Lipinski definition) is 8. The Labute approximate surface area is 156 Å². The second kappa shape index (κ2) is 8.44. The highest BCUT2D eigenvalue weighted by atomic mass is 16.6. The summed E-state index contributed by atoms with van der Waals surface area (Å²) >= 11 is 0. The summed E-state index contributed by atoms with van der Waals surface area (Å²) in [7, 11) is 0. The first kappa shape index (κ1) is 20.1. The van der Waals surface area contributed by atoms with E-state index in [1.54, 1.807) is 6.07 Å². The molecule has 0 aliphatic heterocycles. The Balaban J connectivity index is 2.15. The van der Waals surface area contributed by atoms with Crippen molar-refractivity contribution in [2.45, 2.75) is 13.3 Å². The molecule has 1 N–H and O–H groups in total. The Hall–Kier alpha value is -4.22. The maximum Gasteiger partial charge on any atom is 0.279 e. The van der Waals surface area contributed by atoms with Crippen LogP contribution in [0.15, 0.2) is 47.6 Å². The normalized spacial score (nSPS) is 11.0. The third kappa shape index (κ3) is 4.91. The lowest BCUT2D eigenvalue weighted by atomic mass is 10.1. The summed E-state index contributed by atoms with van der Waals surface area (Å²) in [6.45, 7) is 1.52. The molecule has 12 nitrogen and oxygen atoms in total. The van der Waals surface area contributed by atoms with E-state index in [-0.39, 0.29) is 17.0 Å². The standard InChI is InChI=1S/C16H13N5O7/c1-10(11-3-2-4-13(7-11)19(23)24)17-18-16(22)8-12-5-6-14(20(25)26)9-15(12)21(27)28/h2-7,9H,8H2,1H3,(H,18,22)/b17-10+. The lowest BCUT2D eigenvalue weighted by Gasteiger charge is -2.04. The van der Waals surface area contributed by atoms with Crippen LogP contribution in [0.25, 0.3) is 0 Å². The van der Waals surface area contributed by atoms with E-state index in [2.05, 4.69) is 10.5 Å². The number of nitro benzene ring substituents is 3. The molecule has 0 saturated carbocycles. The SMILES string of the molecule is C/C(=N\NC(=O)Cc1ccc([N+](=O)[O-])cc1[N+](=O)[O-])c1cccc([N+](=O)[O-])c1. The van der Waals surface area contributed by atoms with Crippen LogP contribution >= 0.6 is 0 Å². The number of rotatable bonds is 7. The third-order valence-electron chi connectivity index (χ3n) is 3.65. The van der Waals surface area contributed by atoms with Gasteiger partial charge in [0.05, 0.1) is 33.0 Å². The van der Waals surface area contributed by atoms with Gasteiger partial charge in [-0.05, 0) is 13.0 Å². The number of carbonyl (C=O) groups excluding carboxylic acids is 1. The molecule has 0 saturated heterocycles. The minimum absolute atomic E-state index is 0.0173. The summed E-state index contributed by atoms with van der Waals surface area (Å²) < 4.78 is 0. The maximum atomic E-state index is 12.0. The molecule has 144 valence electrons. The van der Waals surface area contributed by atoms with Gasteiger partial charge in [0.15, 0.2) is 0 Å². The number of nitrogens with zero attached hydrogens (tertiary/aromatic N) is 4. The van der Waals surface area contributed by atoms with E-state index in [1.165, 1.54) is 25.1 Å². The first-order chi connectivity index (χ1) is 13.2. The highest BCUT2D eigenvalue weighted by molar-refractivity contribution is 5.99. The first-order valence-electron chi connectivity index (χ1n) is 7.68. The highest BCUT2D eigenvalue weighted by Gasteiger charge is 2.21. The fourth-order valence-corrected chi connectivity index (χ4v) is 2.25. The van der Waals surface area contributed by atoms with Crippen LogP contribution in [0.1, 0.15) is 18.1 Å². The molecule has 12 heteroatoms. The van der Waals surface area contributed by atoms with Gasteiger partial charge < -0.3 is 0 Å². The van der Waals surface area contributed by atoms with Crippen LogP contribution in [0.4, 0.5) is 17.1 Å². The Bertz CT molecular complexity index is 1000. The van der Waals surface area contributed by atoms with Gasteiger partial charge in [-0.15, -0.1) is 0 Å². The lowest BCUT2D eigenvalue weighted by Crippen LogP contribution is -2.21. The Morgan fingerprint density at radius 2 is 1.61 bits per heavy atom. The van der Waals surface area contributed by atoms with Gasteiger partial charge in [-0.25, -0.2) is 5.43 Å². The number of hydrazone groups is 1. The summed E-state index contributed by atoms with van der Waals surface area (Å²) in [4.78, 5) is 42.5. The van der Waals surface area contributed by atoms with Gasteiger partial charge in [-0.3, -0.25) is 35.1 Å². The number of carbonyl (C=O) groups is 1. The topological polar surface area (TPSA) is 171 Å². The third-order valence-corrected chi connectivity index (χ3v) is 3.65. The molecular weight excluding hydrogens is 374 g/mol. The number of amides is 1.